The lowest BCUT2D eigenvalue weighted by Crippen LogP contribution is -2.42. The number of benzene rings is 2. The van der Waals surface area contributed by atoms with E-state index in [-0.39, 0.29) is 0 Å². The van der Waals surface area contributed by atoms with E-state index in [4.69, 9.17) is 14.2 Å². The van der Waals surface area contributed by atoms with E-state index in [1.165, 1.54) is 14.2 Å². The van der Waals surface area contributed by atoms with E-state index in [1.54, 1.807) is 50.4 Å². The molecule has 1 saturated heterocycles. The minimum absolute atomic E-state index is 0.418. The number of imide groups is 1. The number of methoxy groups -OCH3 is 3. The Hall–Kier alpha value is -3.75. The first-order valence-corrected chi connectivity index (χ1v) is 9.54. The molecule has 1 aliphatic rings. The van der Waals surface area contributed by atoms with Crippen LogP contribution in [0.5, 0.6) is 17.2 Å². The number of hydrogen-bond donors (Lipinski definition) is 2. The Morgan fingerprint density at radius 2 is 1.68 bits per heavy atom. The smallest absolute Gasteiger partial charge is 0.325 e. The summed E-state index contributed by atoms with van der Waals surface area (Å²) in [4.78, 5) is 39.1. The second-order valence-corrected chi connectivity index (χ2v) is 7.28. The molecule has 9 heteroatoms. The van der Waals surface area contributed by atoms with Crippen molar-refractivity contribution in [2.45, 2.75) is 19.4 Å². The van der Waals surface area contributed by atoms with Crippen LogP contribution >= 0.6 is 0 Å². The number of ether oxygens (including phenoxy) is 3. The third-order valence-electron chi connectivity index (χ3n) is 5.18. The van der Waals surface area contributed by atoms with Crippen LogP contribution in [0.25, 0.3) is 0 Å². The van der Waals surface area contributed by atoms with Crippen molar-refractivity contribution in [2.75, 3.05) is 33.2 Å². The fourth-order valence-corrected chi connectivity index (χ4v) is 3.45. The van der Waals surface area contributed by atoms with Crippen LogP contribution in [-0.2, 0) is 15.1 Å². The van der Waals surface area contributed by atoms with E-state index >= 15 is 0 Å². The minimum Gasteiger partial charge on any atom is -0.497 e. The topological polar surface area (TPSA) is 106 Å². The minimum atomic E-state index is -1.28. The highest BCUT2D eigenvalue weighted by Crippen LogP contribution is 2.32. The molecule has 2 aromatic rings. The number of aryl methyl sites for hydroxylation is 1. The molecule has 1 heterocycles. The quantitative estimate of drug-likeness (QED) is 0.658. The average molecular weight is 427 g/mol. The second-order valence-electron chi connectivity index (χ2n) is 7.28. The van der Waals surface area contributed by atoms with Crippen molar-refractivity contribution in [3.05, 3.63) is 47.5 Å². The lowest BCUT2D eigenvalue weighted by Gasteiger charge is -2.23. The lowest BCUT2D eigenvalue weighted by molar-refractivity contribution is -0.133. The first kappa shape index (κ1) is 21.9. The fraction of sp³-hybridized carbons (Fsp3) is 0.318. The molecular weight excluding hydrogens is 402 g/mol. The number of carbonyl (C=O) groups is 3. The van der Waals surface area contributed by atoms with Crippen LogP contribution in [-0.4, -0.2) is 50.6 Å². The predicted octanol–water partition coefficient (Wildman–Crippen LogP) is 2.43. The molecule has 1 aliphatic heterocycles. The van der Waals surface area contributed by atoms with Gasteiger partial charge in [-0.1, -0.05) is 6.07 Å². The van der Waals surface area contributed by atoms with Gasteiger partial charge in [-0.3, -0.25) is 14.5 Å². The molecule has 9 nitrogen and oxygen atoms in total. The SMILES string of the molecule is COc1cc(NC(=O)CN2C(=O)NC(C)(c3ccc(OC)c(C)c3)C2=O)cc(OC)c1. The van der Waals surface area contributed by atoms with Gasteiger partial charge in [0.05, 0.1) is 21.3 Å². The van der Waals surface area contributed by atoms with Crippen molar-refractivity contribution in [3.63, 3.8) is 0 Å². The number of urea groups is 1. The van der Waals surface area contributed by atoms with Crippen molar-refractivity contribution in [3.8, 4) is 17.2 Å². The van der Waals surface area contributed by atoms with Crippen LogP contribution < -0.4 is 24.8 Å². The maximum absolute atomic E-state index is 13.1. The zero-order valence-corrected chi connectivity index (χ0v) is 18.1. The predicted molar refractivity (Wildman–Crippen MR) is 114 cm³/mol. The van der Waals surface area contributed by atoms with Crippen LogP contribution in [0, 0.1) is 6.92 Å². The summed E-state index contributed by atoms with van der Waals surface area (Å²) in [6, 6.07) is 9.47. The summed E-state index contributed by atoms with van der Waals surface area (Å²) in [6.07, 6.45) is 0. The highest BCUT2D eigenvalue weighted by molar-refractivity contribution is 6.10. The van der Waals surface area contributed by atoms with E-state index in [9.17, 15) is 14.4 Å². The van der Waals surface area contributed by atoms with Crippen LogP contribution in [0.3, 0.4) is 0 Å². The van der Waals surface area contributed by atoms with E-state index in [2.05, 4.69) is 10.6 Å². The normalized spacial score (nSPS) is 17.9. The summed E-state index contributed by atoms with van der Waals surface area (Å²) in [5.41, 5.74) is 0.561. The highest BCUT2D eigenvalue weighted by Gasteiger charge is 2.49. The van der Waals surface area contributed by atoms with Crippen molar-refractivity contribution < 1.29 is 28.6 Å². The summed E-state index contributed by atoms with van der Waals surface area (Å²) in [7, 11) is 4.55. The van der Waals surface area contributed by atoms with E-state index in [1.807, 2.05) is 6.92 Å². The van der Waals surface area contributed by atoms with Gasteiger partial charge in [0.25, 0.3) is 5.91 Å². The molecule has 0 aliphatic carbocycles. The second kappa shape index (κ2) is 8.55. The largest absolute Gasteiger partial charge is 0.497 e. The third kappa shape index (κ3) is 4.25. The Bertz CT molecular complexity index is 1020. The van der Waals surface area contributed by atoms with Gasteiger partial charge in [-0.05, 0) is 37.1 Å². The molecule has 0 radical (unpaired) electrons. The number of anilines is 1. The number of carbonyl (C=O) groups excluding carboxylic acids is 3. The molecule has 3 rings (SSSR count). The molecule has 2 aromatic carbocycles. The Kier molecular flexibility index (Phi) is 6.05. The van der Waals surface area contributed by atoms with Crippen molar-refractivity contribution in [1.29, 1.82) is 0 Å². The van der Waals surface area contributed by atoms with Gasteiger partial charge < -0.3 is 24.8 Å². The van der Waals surface area contributed by atoms with Crippen molar-refractivity contribution in [1.82, 2.24) is 10.2 Å². The van der Waals surface area contributed by atoms with Gasteiger partial charge in [0.1, 0.15) is 29.3 Å². The monoisotopic (exact) mass is 427 g/mol. The summed E-state index contributed by atoms with van der Waals surface area (Å²) in [6.45, 7) is 3.02. The van der Waals surface area contributed by atoms with Gasteiger partial charge in [-0.15, -0.1) is 0 Å². The third-order valence-corrected chi connectivity index (χ3v) is 5.18. The molecule has 2 N–H and O–H groups in total. The molecular formula is C22H25N3O6. The van der Waals surface area contributed by atoms with Crippen LogP contribution in [0.4, 0.5) is 10.5 Å². The molecule has 0 saturated carbocycles. The maximum atomic E-state index is 13.1. The molecule has 31 heavy (non-hydrogen) atoms. The number of nitrogens with one attached hydrogen (secondary N) is 2. The molecule has 0 bridgehead atoms. The number of amides is 4. The number of rotatable bonds is 7. The van der Waals surface area contributed by atoms with Gasteiger partial charge >= 0.3 is 6.03 Å². The van der Waals surface area contributed by atoms with Gasteiger partial charge in [0.2, 0.25) is 5.91 Å². The maximum Gasteiger partial charge on any atom is 0.325 e. The Labute approximate surface area is 180 Å². The Morgan fingerprint density at radius 3 is 2.23 bits per heavy atom. The lowest BCUT2D eigenvalue weighted by atomic mass is 9.90. The first-order chi connectivity index (χ1) is 14.7. The average Bonchev–Trinajstić information content (AvgIpc) is 2.97. The highest BCUT2D eigenvalue weighted by atomic mass is 16.5. The van der Waals surface area contributed by atoms with Gasteiger partial charge in [0.15, 0.2) is 0 Å². The number of hydrogen-bond acceptors (Lipinski definition) is 6. The van der Waals surface area contributed by atoms with E-state index in [0.29, 0.717) is 28.5 Å². The van der Waals surface area contributed by atoms with Gasteiger partial charge in [0, 0.05) is 23.9 Å². The van der Waals surface area contributed by atoms with E-state index < -0.39 is 29.9 Å². The van der Waals surface area contributed by atoms with Crippen molar-refractivity contribution >= 4 is 23.5 Å². The van der Waals surface area contributed by atoms with Crippen LogP contribution in [0.1, 0.15) is 18.1 Å². The zero-order chi connectivity index (χ0) is 22.8. The molecule has 1 atom stereocenters. The standard InChI is InChI=1S/C22H25N3O6/c1-13-8-14(6-7-18(13)31-5)22(2)20(27)25(21(28)24-22)12-19(26)23-15-9-16(29-3)11-17(10-15)30-4/h6-11H,12H2,1-5H3,(H,23,26)(H,24,28). The Balaban J connectivity index is 1.77. The molecule has 0 spiro atoms. The molecule has 164 valence electrons. The van der Waals surface area contributed by atoms with Gasteiger partial charge in [-0.2, -0.15) is 0 Å². The molecule has 4 amide bonds. The van der Waals surface area contributed by atoms with Gasteiger partial charge in [-0.25, -0.2) is 4.79 Å². The Morgan fingerprint density at radius 1 is 1.03 bits per heavy atom. The van der Waals surface area contributed by atoms with Crippen molar-refractivity contribution in [2.24, 2.45) is 0 Å². The zero-order valence-electron chi connectivity index (χ0n) is 18.1. The summed E-state index contributed by atoms with van der Waals surface area (Å²) in [5, 5.41) is 5.35. The summed E-state index contributed by atoms with van der Waals surface area (Å²) in [5.74, 6) is 0.614. The van der Waals surface area contributed by atoms with Crippen LogP contribution in [0.15, 0.2) is 36.4 Å². The molecule has 1 fully saturated rings. The first-order valence-electron chi connectivity index (χ1n) is 9.54. The summed E-state index contributed by atoms with van der Waals surface area (Å²) < 4.78 is 15.6. The summed E-state index contributed by atoms with van der Waals surface area (Å²) >= 11 is 0. The van der Waals surface area contributed by atoms with Crippen LogP contribution in [0.2, 0.25) is 0 Å². The molecule has 1 unspecified atom stereocenters. The fourth-order valence-electron chi connectivity index (χ4n) is 3.45. The number of nitrogens with zero attached hydrogens (tertiary/aromatic N) is 1. The van der Waals surface area contributed by atoms with E-state index in [0.717, 1.165) is 10.5 Å². The molecule has 0 aromatic heterocycles.